The van der Waals surface area contributed by atoms with Gasteiger partial charge < -0.3 is 5.32 Å². The summed E-state index contributed by atoms with van der Waals surface area (Å²) in [7, 11) is 0. The van der Waals surface area contributed by atoms with Crippen LogP contribution in [0.3, 0.4) is 0 Å². The van der Waals surface area contributed by atoms with E-state index in [1.807, 2.05) is 6.07 Å². The Hall–Kier alpha value is -2.47. The van der Waals surface area contributed by atoms with Gasteiger partial charge in [0, 0.05) is 25.8 Å². The maximum atomic E-state index is 4.22. The van der Waals surface area contributed by atoms with E-state index in [9.17, 15) is 0 Å². The van der Waals surface area contributed by atoms with Crippen LogP contribution in [-0.2, 0) is 6.54 Å². The Morgan fingerprint density at radius 1 is 1.12 bits per heavy atom. The molecule has 1 N–H and O–H groups in total. The number of nitrogens with zero attached hydrogens (tertiary/aromatic N) is 5. The zero-order valence-electron chi connectivity index (χ0n) is 13.7. The van der Waals surface area contributed by atoms with Crippen molar-refractivity contribution in [1.29, 1.82) is 0 Å². The van der Waals surface area contributed by atoms with E-state index in [1.54, 1.807) is 10.7 Å². The highest BCUT2D eigenvalue weighted by atomic mass is 15.3. The van der Waals surface area contributed by atoms with Crippen LogP contribution in [0.15, 0.2) is 48.9 Å². The maximum absolute atomic E-state index is 4.22. The minimum absolute atomic E-state index is 0.634. The number of hydrogen-bond donors (Lipinski definition) is 1. The second-order valence-electron chi connectivity index (χ2n) is 6.41. The molecule has 1 saturated heterocycles. The number of rotatable bonds is 5. The summed E-state index contributed by atoms with van der Waals surface area (Å²) in [5.74, 6) is 2.24. The van der Waals surface area contributed by atoms with Crippen LogP contribution >= 0.6 is 0 Å². The molecular weight excluding hydrogens is 300 g/mol. The van der Waals surface area contributed by atoms with Crippen LogP contribution in [0, 0.1) is 5.92 Å². The maximum Gasteiger partial charge on any atom is 0.254 e. The molecule has 24 heavy (non-hydrogen) atoms. The first-order valence-corrected chi connectivity index (χ1v) is 8.53. The Morgan fingerprint density at radius 3 is 2.96 bits per heavy atom. The minimum Gasteiger partial charge on any atom is -0.370 e. The summed E-state index contributed by atoms with van der Waals surface area (Å²) < 4.78 is 1.75. The van der Waals surface area contributed by atoms with Gasteiger partial charge in [-0.05, 0) is 36.9 Å². The van der Waals surface area contributed by atoms with Crippen LogP contribution in [-0.4, -0.2) is 44.1 Å². The van der Waals surface area contributed by atoms with E-state index in [-0.39, 0.29) is 0 Å². The van der Waals surface area contributed by atoms with Crippen molar-refractivity contribution in [2.45, 2.75) is 19.4 Å². The molecule has 1 aromatic carbocycles. The zero-order chi connectivity index (χ0) is 16.2. The number of benzene rings is 1. The van der Waals surface area contributed by atoms with Crippen LogP contribution in [0.4, 0.5) is 5.82 Å². The molecule has 6 nitrogen and oxygen atoms in total. The molecule has 1 unspecified atom stereocenters. The van der Waals surface area contributed by atoms with E-state index in [2.05, 4.69) is 55.6 Å². The van der Waals surface area contributed by atoms with E-state index in [0.29, 0.717) is 11.7 Å². The third-order valence-corrected chi connectivity index (χ3v) is 4.60. The van der Waals surface area contributed by atoms with Gasteiger partial charge in [-0.3, -0.25) is 4.90 Å². The van der Waals surface area contributed by atoms with Gasteiger partial charge in [-0.1, -0.05) is 30.3 Å². The summed E-state index contributed by atoms with van der Waals surface area (Å²) in [6.07, 6.45) is 5.84. The number of anilines is 1. The van der Waals surface area contributed by atoms with Crippen LogP contribution in [0.25, 0.3) is 5.78 Å². The zero-order valence-corrected chi connectivity index (χ0v) is 13.7. The van der Waals surface area contributed by atoms with Gasteiger partial charge in [0.05, 0.1) is 0 Å². The van der Waals surface area contributed by atoms with Gasteiger partial charge in [-0.2, -0.15) is 14.6 Å². The Kier molecular flexibility index (Phi) is 4.38. The fraction of sp³-hybridized carbons (Fsp3) is 0.389. The Bertz CT molecular complexity index is 784. The van der Waals surface area contributed by atoms with Crippen LogP contribution in [0.1, 0.15) is 18.4 Å². The Morgan fingerprint density at radius 2 is 2.04 bits per heavy atom. The van der Waals surface area contributed by atoms with Gasteiger partial charge in [0.15, 0.2) is 0 Å². The first-order chi connectivity index (χ1) is 11.9. The SMILES string of the molecule is c1ccc(CN2CCCC(CNc3ccnc4ncnn34)C2)cc1. The summed E-state index contributed by atoms with van der Waals surface area (Å²) in [5.41, 5.74) is 1.39. The molecule has 0 amide bonds. The molecule has 0 saturated carbocycles. The van der Waals surface area contributed by atoms with Gasteiger partial charge in [-0.15, -0.1) is 0 Å². The first kappa shape index (κ1) is 15.1. The predicted octanol–water partition coefficient (Wildman–Crippen LogP) is 2.45. The van der Waals surface area contributed by atoms with Crippen LogP contribution < -0.4 is 5.32 Å². The van der Waals surface area contributed by atoms with E-state index >= 15 is 0 Å². The van der Waals surface area contributed by atoms with Crippen molar-refractivity contribution in [1.82, 2.24) is 24.5 Å². The van der Waals surface area contributed by atoms with E-state index in [0.717, 1.165) is 25.5 Å². The molecule has 3 aromatic rings. The monoisotopic (exact) mass is 322 g/mol. The summed E-state index contributed by atoms with van der Waals surface area (Å²) in [6, 6.07) is 12.7. The first-order valence-electron chi connectivity index (χ1n) is 8.53. The second-order valence-corrected chi connectivity index (χ2v) is 6.41. The lowest BCUT2D eigenvalue weighted by molar-refractivity contribution is 0.173. The number of nitrogens with one attached hydrogen (secondary N) is 1. The largest absolute Gasteiger partial charge is 0.370 e. The molecule has 3 heterocycles. The van der Waals surface area contributed by atoms with E-state index in [4.69, 9.17) is 0 Å². The number of hydrogen-bond acceptors (Lipinski definition) is 5. The standard InChI is InChI=1S/C18H22N6/c1-2-5-15(6-3-1)12-23-10-4-7-16(13-23)11-20-17-8-9-19-18-21-14-22-24(17)18/h1-3,5-6,8-9,14,16,20H,4,7,10-13H2. The topological polar surface area (TPSA) is 58.3 Å². The average molecular weight is 322 g/mol. The van der Waals surface area contributed by atoms with Gasteiger partial charge in [-0.25, -0.2) is 4.98 Å². The lowest BCUT2D eigenvalue weighted by Crippen LogP contribution is -2.37. The van der Waals surface area contributed by atoms with Crippen molar-refractivity contribution in [2.24, 2.45) is 5.92 Å². The lowest BCUT2D eigenvalue weighted by atomic mass is 9.97. The Labute approximate surface area is 141 Å². The highest BCUT2D eigenvalue weighted by Crippen LogP contribution is 2.19. The van der Waals surface area contributed by atoms with Crippen molar-refractivity contribution < 1.29 is 0 Å². The van der Waals surface area contributed by atoms with Crippen molar-refractivity contribution in [3.8, 4) is 0 Å². The lowest BCUT2D eigenvalue weighted by Gasteiger charge is -2.33. The molecule has 124 valence electrons. The van der Waals surface area contributed by atoms with E-state index < -0.39 is 0 Å². The molecule has 0 bridgehead atoms. The van der Waals surface area contributed by atoms with Crippen LogP contribution in [0.2, 0.25) is 0 Å². The minimum atomic E-state index is 0.634. The normalized spacial score (nSPS) is 18.8. The highest BCUT2D eigenvalue weighted by Gasteiger charge is 2.20. The Balaban J connectivity index is 1.36. The molecular formula is C18H22N6. The summed E-state index contributed by atoms with van der Waals surface area (Å²) in [5, 5.41) is 7.75. The van der Waals surface area contributed by atoms with Crippen LogP contribution in [0.5, 0.6) is 0 Å². The molecule has 0 radical (unpaired) electrons. The molecule has 0 aliphatic carbocycles. The van der Waals surface area contributed by atoms with Crippen molar-refractivity contribution in [3.63, 3.8) is 0 Å². The fourth-order valence-corrected chi connectivity index (χ4v) is 3.42. The van der Waals surface area contributed by atoms with E-state index in [1.165, 1.54) is 31.3 Å². The van der Waals surface area contributed by atoms with Crippen molar-refractivity contribution in [2.75, 3.05) is 25.0 Å². The molecule has 2 aromatic heterocycles. The van der Waals surface area contributed by atoms with Gasteiger partial charge >= 0.3 is 0 Å². The predicted molar refractivity (Wildman–Crippen MR) is 93.7 cm³/mol. The molecule has 0 spiro atoms. The summed E-state index contributed by atoms with van der Waals surface area (Å²) in [6.45, 7) is 4.31. The molecule has 6 heteroatoms. The quantitative estimate of drug-likeness (QED) is 0.782. The van der Waals surface area contributed by atoms with Crippen molar-refractivity contribution in [3.05, 3.63) is 54.5 Å². The van der Waals surface area contributed by atoms with Gasteiger partial charge in [0.1, 0.15) is 12.1 Å². The molecule has 1 fully saturated rings. The fourth-order valence-electron chi connectivity index (χ4n) is 3.42. The number of aromatic nitrogens is 4. The van der Waals surface area contributed by atoms with Gasteiger partial charge in [0.25, 0.3) is 5.78 Å². The number of piperidine rings is 1. The number of likely N-dealkylation sites (tertiary alicyclic amines) is 1. The summed E-state index contributed by atoms with van der Waals surface area (Å²) in [4.78, 5) is 10.9. The molecule has 4 rings (SSSR count). The smallest absolute Gasteiger partial charge is 0.254 e. The molecule has 1 aliphatic heterocycles. The third kappa shape index (κ3) is 3.38. The van der Waals surface area contributed by atoms with Crippen molar-refractivity contribution >= 4 is 11.6 Å². The average Bonchev–Trinajstić information content (AvgIpc) is 3.10. The highest BCUT2D eigenvalue weighted by molar-refractivity contribution is 5.42. The molecule has 1 aliphatic rings. The van der Waals surface area contributed by atoms with Gasteiger partial charge in [0.2, 0.25) is 0 Å². The third-order valence-electron chi connectivity index (χ3n) is 4.60. The number of fused-ring (bicyclic) bond motifs is 1. The molecule has 1 atom stereocenters. The second kappa shape index (κ2) is 6.97. The summed E-state index contributed by atoms with van der Waals surface area (Å²) >= 11 is 0.